The number of nitrogens with zero attached hydrogens (tertiary/aromatic N) is 3. The molecule has 1 saturated heterocycles. The summed E-state index contributed by atoms with van der Waals surface area (Å²) in [6, 6.07) is 4.85. The van der Waals surface area contributed by atoms with E-state index < -0.39 is 30.4 Å². The number of hydrogen-bond donors (Lipinski definition) is 2. The highest BCUT2D eigenvalue weighted by molar-refractivity contribution is 6.00. The smallest absolute Gasteiger partial charge is 0.418 e. The van der Waals surface area contributed by atoms with Crippen LogP contribution in [0.5, 0.6) is 5.88 Å². The molecule has 1 aliphatic heterocycles. The minimum Gasteiger partial charge on any atom is -0.471 e. The number of carbonyl (C=O) groups is 2. The molecule has 2 N–H and O–H groups in total. The van der Waals surface area contributed by atoms with Crippen LogP contribution >= 0.6 is 0 Å². The van der Waals surface area contributed by atoms with Crippen molar-refractivity contribution in [2.24, 2.45) is 13.0 Å². The summed E-state index contributed by atoms with van der Waals surface area (Å²) in [6.07, 6.45) is 1.32. The maximum absolute atomic E-state index is 14.0. The van der Waals surface area contributed by atoms with Gasteiger partial charge in [-0.25, -0.2) is 13.8 Å². The Kier molecular flexibility index (Phi) is 10.7. The predicted octanol–water partition coefficient (Wildman–Crippen LogP) is 7.49. The number of imidazole rings is 1. The molecule has 2 aliphatic rings. The Morgan fingerprint density at radius 2 is 1.89 bits per heavy atom. The van der Waals surface area contributed by atoms with E-state index in [-0.39, 0.29) is 58.9 Å². The topological polar surface area (TPSA) is 107 Å². The van der Waals surface area contributed by atoms with Crippen LogP contribution in [0.15, 0.2) is 24.3 Å². The van der Waals surface area contributed by atoms with Crippen molar-refractivity contribution in [2.75, 3.05) is 18.5 Å². The molecule has 1 aliphatic carbocycles. The van der Waals surface area contributed by atoms with Crippen molar-refractivity contribution in [1.29, 1.82) is 0 Å². The second kappa shape index (κ2) is 14.5. The highest BCUT2D eigenvalue weighted by atomic mass is 19.4. The number of aromatic nitrogens is 3. The Hall–Kier alpha value is -3.81. The number of pyridine rings is 1. The van der Waals surface area contributed by atoms with E-state index in [0.29, 0.717) is 30.9 Å². The van der Waals surface area contributed by atoms with Gasteiger partial charge in [0.2, 0.25) is 11.8 Å². The zero-order chi connectivity index (χ0) is 33.8. The molecule has 2 aromatic heterocycles. The van der Waals surface area contributed by atoms with Crippen LogP contribution in [0.2, 0.25) is 0 Å². The summed E-state index contributed by atoms with van der Waals surface area (Å²) < 4.78 is 80.4. The Balaban J connectivity index is 1.39. The van der Waals surface area contributed by atoms with Crippen molar-refractivity contribution in [3.63, 3.8) is 0 Å². The lowest BCUT2D eigenvalue weighted by molar-refractivity contribution is -0.139. The Bertz CT molecular complexity index is 1580. The van der Waals surface area contributed by atoms with Crippen LogP contribution in [0.25, 0.3) is 11.2 Å². The fraction of sp³-hybridized carbons (Fsp3) is 0.576. The van der Waals surface area contributed by atoms with E-state index in [1.807, 2.05) is 0 Å². The number of nitrogens with one attached hydrogen (secondary N) is 2. The van der Waals surface area contributed by atoms with Gasteiger partial charge in [-0.1, -0.05) is 44.6 Å². The number of halogens is 5. The van der Waals surface area contributed by atoms with E-state index in [1.54, 1.807) is 6.92 Å². The van der Waals surface area contributed by atoms with Crippen LogP contribution in [0.4, 0.5) is 33.6 Å². The molecule has 1 atom stereocenters. The summed E-state index contributed by atoms with van der Waals surface area (Å²) in [5.74, 6) is -0.422. The molecular weight excluding hydrogens is 625 g/mol. The van der Waals surface area contributed by atoms with Gasteiger partial charge in [-0.3, -0.25) is 14.2 Å². The quantitative estimate of drug-likeness (QED) is 0.144. The van der Waals surface area contributed by atoms with Crippen LogP contribution in [0.3, 0.4) is 0 Å². The number of Topliss-reactive ketones (excluding diaryl/α,β-unsaturated/α-hetero) is 1. The number of aryl methyl sites for hydroxylation is 1. The van der Waals surface area contributed by atoms with E-state index >= 15 is 0 Å². The van der Waals surface area contributed by atoms with Gasteiger partial charge in [0, 0.05) is 26.6 Å². The average Bonchev–Trinajstić information content (AvgIpc) is 3.61. The van der Waals surface area contributed by atoms with Gasteiger partial charge in [0.05, 0.1) is 16.8 Å². The number of anilines is 2. The summed E-state index contributed by atoms with van der Waals surface area (Å²) in [5, 5.41) is 5.46. The molecule has 3 heterocycles. The highest BCUT2D eigenvalue weighted by Gasteiger charge is 2.38. The second-order valence-electron chi connectivity index (χ2n) is 12.6. The first-order valence-electron chi connectivity index (χ1n) is 16.0. The molecule has 1 unspecified atom stereocenters. The fourth-order valence-corrected chi connectivity index (χ4v) is 6.32. The third-order valence-corrected chi connectivity index (χ3v) is 8.99. The van der Waals surface area contributed by atoms with Crippen LogP contribution in [-0.2, 0) is 29.3 Å². The van der Waals surface area contributed by atoms with Gasteiger partial charge in [0.15, 0.2) is 18.0 Å². The molecule has 9 nitrogen and oxygen atoms in total. The standard InChI is InChI=1S/C33H40F5N5O4/c1-32(14-7-15-47-32)30(45)39-18-21-12-13-23(33(36,37)38)24(16-21)40-31-41-25-17-22(26(44)11-6-10-20-8-4-3-5-9-20)29(46-19-27(34)35)42-28(25)43(31)2/h12-13,16-17,20,27H,3-11,14-15,18-19H2,1-2H3,(H,39,45)(H,40,41). The van der Waals surface area contributed by atoms with Crippen molar-refractivity contribution in [3.05, 3.63) is 41.0 Å². The number of amides is 1. The molecule has 47 heavy (non-hydrogen) atoms. The molecule has 0 radical (unpaired) electrons. The minimum absolute atomic E-state index is 0.0000942. The van der Waals surface area contributed by atoms with Gasteiger partial charge in [-0.15, -0.1) is 0 Å². The fourth-order valence-electron chi connectivity index (χ4n) is 6.32. The van der Waals surface area contributed by atoms with Crippen LogP contribution in [0, 0.1) is 5.92 Å². The number of ether oxygens (including phenoxy) is 2. The lowest BCUT2D eigenvalue weighted by atomic mass is 9.85. The second-order valence-corrected chi connectivity index (χ2v) is 12.6. The highest BCUT2D eigenvalue weighted by Crippen LogP contribution is 2.37. The average molecular weight is 666 g/mol. The number of hydrogen-bond acceptors (Lipinski definition) is 7. The van der Waals surface area contributed by atoms with Crippen molar-refractivity contribution >= 4 is 34.5 Å². The Morgan fingerprint density at radius 3 is 2.57 bits per heavy atom. The van der Waals surface area contributed by atoms with E-state index in [2.05, 4.69) is 20.6 Å². The summed E-state index contributed by atoms with van der Waals surface area (Å²) >= 11 is 0. The van der Waals surface area contributed by atoms with E-state index in [1.165, 1.54) is 49.1 Å². The summed E-state index contributed by atoms with van der Waals surface area (Å²) in [5.41, 5.74) is -1.57. The normalized spacial score (nSPS) is 19.0. The van der Waals surface area contributed by atoms with Gasteiger partial charge in [-0.2, -0.15) is 18.2 Å². The number of benzene rings is 1. The first-order valence-corrected chi connectivity index (χ1v) is 16.0. The van der Waals surface area contributed by atoms with E-state index in [4.69, 9.17) is 9.47 Å². The predicted molar refractivity (Wildman–Crippen MR) is 165 cm³/mol. The third-order valence-electron chi connectivity index (χ3n) is 8.99. The number of rotatable bonds is 13. The molecule has 1 aromatic carbocycles. The zero-order valence-corrected chi connectivity index (χ0v) is 26.5. The molecule has 5 rings (SSSR count). The Morgan fingerprint density at radius 1 is 1.13 bits per heavy atom. The van der Waals surface area contributed by atoms with Crippen LogP contribution in [0.1, 0.15) is 92.6 Å². The monoisotopic (exact) mass is 665 g/mol. The zero-order valence-electron chi connectivity index (χ0n) is 26.5. The molecule has 1 amide bonds. The summed E-state index contributed by atoms with van der Waals surface area (Å²) in [4.78, 5) is 34.7. The summed E-state index contributed by atoms with van der Waals surface area (Å²) in [7, 11) is 1.49. The Labute approximate surface area is 269 Å². The maximum atomic E-state index is 14.0. The van der Waals surface area contributed by atoms with E-state index in [0.717, 1.165) is 31.7 Å². The molecular formula is C33H40F5N5O4. The van der Waals surface area contributed by atoms with Crippen molar-refractivity contribution in [3.8, 4) is 5.88 Å². The van der Waals surface area contributed by atoms with Crippen molar-refractivity contribution in [1.82, 2.24) is 19.9 Å². The van der Waals surface area contributed by atoms with Gasteiger partial charge < -0.3 is 20.1 Å². The number of fused-ring (bicyclic) bond motifs is 1. The van der Waals surface area contributed by atoms with Crippen molar-refractivity contribution < 1.29 is 41.0 Å². The van der Waals surface area contributed by atoms with Gasteiger partial charge in [0.1, 0.15) is 11.1 Å². The van der Waals surface area contributed by atoms with E-state index in [9.17, 15) is 31.5 Å². The van der Waals surface area contributed by atoms with Gasteiger partial charge in [0.25, 0.3) is 12.3 Å². The van der Waals surface area contributed by atoms with Crippen molar-refractivity contribution in [2.45, 2.75) is 95.9 Å². The molecule has 14 heteroatoms. The molecule has 0 spiro atoms. The lowest BCUT2D eigenvalue weighted by Crippen LogP contribution is -2.43. The molecule has 3 aromatic rings. The first-order chi connectivity index (χ1) is 22.3. The first kappa shape index (κ1) is 34.5. The minimum atomic E-state index is -4.72. The molecule has 256 valence electrons. The number of ketones is 1. The SMILES string of the molecule is Cn1c(Nc2cc(CNC(=O)C3(C)CCCO3)ccc2C(F)(F)F)nc2cc(C(=O)CCCC3CCCCC3)c(OCC(F)F)nc21. The molecule has 0 bridgehead atoms. The summed E-state index contributed by atoms with van der Waals surface area (Å²) in [6.45, 7) is 1.12. The molecule has 1 saturated carbocycles. The largest absolute Gasteiger partial charge is 0.471 e. The third kappa shape index (κ3) is 8.38. The molecule has 2 fully saturated rings. The maximum Gasteiger partial charge on any atom is 0.418 e. The number of alkyl halides is 5. The lowest BCUT2D eigenvalue weighted by Gasteiger charge is -2.22. The van der Waals surface area contributed by atoms with Gasteiger partial charge in [-0.05, 0) is 55.9 Å². The van der Waals surface area contributed by atoms with Gasteiger partial charge >= 0.3 is 6.18 Å². The van der Waals surface area contributed by atoms with Crippen LogP contribution in [-0.4, -0.2) is 51.5 Å². The number of carbonyl (C=O) groups excluding carboxylic acids is 2. The van der Waals surface area contributed by atoms with Crippen LogP contribution < -0.4 is 15.4 Å².